The molecular formula is C13H6Br3FO3. The van der Waals surface area contributed by atoms with Gasteiger partial charge >= 0.3 is 5.97 Å². The van der Waals surface area contributed by atoms with Crippen molar-refractivity contribution in [1.29, 1.82) is 0 Å². The first-order valence-corrected chi connectivity index (χ1v) is 7.60. The Hall–Kier alpha value is -0.920. The van der Waals surface area contributed by atoms with E-state index in [4.69, 9.17) is 0 Å². The van der Waals surface area contributed by atoms with Crippen LogP contribution in [0.3, 0.4) is 0 Å². The third kappa shape index (κ3) is 2.75. The van der Waals surface area contributed by atoms with Crippen LogP contribution in [-0.4, -0.2) is 16.2 Å². The van der Waals surface area contributed by atoms with Crippen LogP contribution < -0.4 is 0 Å². The fourth-order valence-electron chi connectivity index (χ4n) is 1.74. The molecule has 0 atom stereocenters. The highest BCUT2D eigenvalue weighted by Gasteiger charge is 2.20. The lowest BCUT2D eigenvalue weighted by Crippen LogP contribution is -2.01. The normalized spacial score (nSPS) is 10.6. The van der Waals surface area contributed by atoms with Gasteiger partial charge in [-0.3, -0.25) is 0 Å². The highest BCUT2D eigenvalue weighted by atomic mass is 79.9. The molecule has 0 spiro atoms. The number of benzene rings is 2. The number of carboxylic acid groups (broad SMARTS) is 1. The number of rotatable bonds is 2. The number of aromatic carboxylic acids is 1. The third-order valence-electron chi connectivity index (χ3n) is 2.63. The highest BCUT2D eigenvalue weighted by Crippen LogP contribution is 2.45. The van der Waals surface area contributed by atoms with Crippen LogP contribution in [0.15, 0.2) is 37.7 Å². The Labute approximate surface area is 138 Å². The van der Waals surface area contributed by atoms with E-state index < -0.39 is 11.8 Å². The van der Waals surface area contributed by atoms with Crippen LogP contribution in [0.25, 0.3) is 11.1 Å². The van der Waals surface area contributed by atoms with Crippen molar-refractivity contribution in [2.24, 2.45) is 0 Å². The summed E-state index contributed by atoms with van der Waals surface area (Å²) in [7, 11) is 0. The number of hydrogen-bond donors (Lipinski definition) is 2. The summed E-state index contributed by atoms with van der Waals surface area (Å²) in [5.41, 5.74) is 0.469. The molecular weight excluding hydrogens is 463 g/mol. The summed E-state index contributed by atoms with van der Waals surface area (Å²) >= 11 is 9.66. The van der Waals surface area contributed by atoms with Crippen LogP contribution in [0.2, 0.25) is 0 Å². The van der Waals surface area contributed by atoms with Gasteiger partial charge in [0.05, 0.1) is 14.5 Å². The van der Waals surface area contributed by atoms with E-state index in [-0.39, 0.29) is 21.3 Å². The van der Waals surface area contributed by atoms with E-state index in [2.05, 4.69) is 47.8 Å². The monoisotopic (exact) mass is 466 g/mol. The quantitative estimate of drug-likeness (QED) is 0.638. The van der Waals surface area contributed by atoms with Crippen LogP contribution in [0.1, 0.15) is 10.4 Å². The fourth-order valence-corrected chi connectivity index (χ4v) is 4.28. The van der Waals surface area contributed by atoms with Gasteiger partial charge in [-0.2, -0.15) is 0 Å². The van der Waals surface area contributed by atoms with Crippen molar-refractivity contribution in [3.8, 4) is 16.9 Å². The summed E-state index contributed by atoms with van der Waals surface area (Å²) in [6.45, 7) is 0. The van der Waals surface area contributed by atoms with E-state index in [0.717, 1.165) is 12.1 Å². The Morgan fingerprint density at radius 3 is 2.35 bits per heavy atom. The molecule has 104 valence electrons. The number of carboxylic acids is 1. The molecule has 0 aliphatic carbocycles. The van der Waals surface area contributed by atoms with Gasteiger partial charge in [0.1, 0.15) is 11.6 Å². The minimum absolute atomic E-state index is 0.0606. The number of halogens is 4. The first kappa shape index (κ1) is 15.5. The molecule has 0 heterocycles. The molecule has 0 bridgehead atoms. The van der Waals surface area contributed by atoms with E-state index in [1.54, 1.807) is 6.07 Å². The summed E-state index contributed by atoms with van der Waals surface area (Å²) in [6, 6.07) is 4.94. The van der Waals surface area contributed by atoms with Crippen LogP contribution in [-0.2, 0) is 0 Å². The average molecular weight is 469 g/mol. The van der Waals surface area contributed by atoms with Gasteiger partial charge in [0.15, 0.2) is 0 Å². The Bertz CT molecular complexity index is 716. The van der Waals surface area contributed by atoms with Crippen molar-refractivity contribution in [1.82, 2.24) is 0 Å². The number of carbonyl (C=O) groups is 1. The molecule has 0 unspecified atom stereocenters. The summed E-state index contributed by atoms with van der Waals surface area (Å²) in [6.07, 6.45) is 0. The third-order valence-corrected chi connectivity index (χ3v) is 4.63. The molecule has 7 heteroatoms. The van der Waals surface area contributed by atoms with E-state index in [0.29, 0.717) is 14.5 Å². The van der Waals surface area contributed by atoms with E-state index in [9.17, 15) is 19.4 Å². The molecule has 0 aliphatic heterocycles. The van der Waals surface area contributed by atoms with Crippen LogP contribution >= 0.6 is 47.8 Å². The van der Waals surface area contributed by atoms with Gasteiger partial charge in [0.2, 0.25) is 0 Å². The lowest BCUT2D eigenvalue weighted by atomic mass is 9.99. The molecule has 0 saturated carbocycles. The predicted octanol–water partition coefficient (Wildman–Crippen LogP) is 5.18. The summed E-state index contributed by atoms with van der Waals surface area (Å²) < 4.78 is 14.7. The minimum Gasteiger partial charge on any atom is -0.506 e. The molecule has 2 aromatic rings. The molecule has 2 rings (SSSR count). The zero-order valence-corrected chi connectivity index (χ0v) is 14.4. The van der Waals surface area contributed by atoms with Gasteiger partial charge in [-0.05, 0) is 56.1 Å². The first-order chi connectivity index (χ1) is 9.32. The van der Waals surface area contributed by atoms with Crippen molar-refractivity contribution in [2.45, 2.75) is 0 Å². The van der Waals surface area contributed by atoms with Crippen LogP contribution in [0, 0.1) is 5.82 Å². The van der Waals surface area contributed by atoms with Crippen molar-refractivity contribution in [3.05, 3.63) is 49.1 Å². The Morgan fingerprint density at radius 1 is 1.10 bits per heavy atom. The molecule has 0 radical (unpaired) electrons. The van der Waals surface area contributed by atoms with Crippen molar-refractivity contribution >= 4 is 53.8 Å². The predicted molar refractivity (Wildman–Crippen MR) is 83.6 cm³/mol. The second-order valence-electron chi connectivity index (χ2n) is 3.87. The van der Waals surface area contributed by atoms with Crippen LogP contribution in [0.5, 0.6) is 5.75 Å². The van der Waals surface area contributed by atoms with Crippen molar-refractivity contribution < 1.29 is 19.4 Å². The molecule has 2 N–H and O–H groups in total. The highest BCUT2D eigenvalue weighted by molar-refractivity contribution is 9.11. The summed E-state index contributed by atoms with van der Waals surface area (Å²) in [5.74, 6) is -1.84. The maximum atomic E-state index is 13.4. The molecule has 0 saturated heterocycles. The molecule has 0 aliphatic rings. The van der Waals surface area contributed by atoms with Gasteiger partial charge in [0, 0.05) is 15.6 Å². The van der Waals surface area contributed by atoms with Gasteiger partial charge in [0.25, 0.3) is 0 Å². The second-order valence-corrected chi connectivity index (χ2v) is 6.37. The number of phenols is 1. The van der Waals surface area contributed by atoms with Gasteiger partial charge in [-0.15, -0.1) is 0 Å². The van der Waals surface area contributed by atoms with E-state index in [1.165, 1.54) is 6.07 Å². The summed E-state index contributed by atoms with van der Waals surface area (Å²) in [5, 5.41) is 19.1. The standard InChI is InChI=1S/C13H6Br3FO3/c14-8-4-9(15)12(18)11(16)10(8)7-3-5(17)1-2-6(7)13(19)20/h1-4,18H,(H,19,20). The topological polar surface area (TPSA) is 57.5 Å². The average Bonchev–Trinajstić information content (AvgIpc) is 2.36. The van der Waals surface area contributed by atoms with Crippen LogP contribution in [0.4, 0.5) is 4.39 Å². The molecule has 0 amide bonds. The molecule has 0 fully saturated rings. The second kappa shape index (κ2) is 5.83. The zero-order valence-electron chi connectivity index (χ0n) is 9.62. The molecule has 3 nitrogen and oxygen atoms in total. The Balaban J connectivity index is 2.84. The lowest BCUT2D eigenvalue weighted by molar-refractivity contribution is 0.0697. The molecule has 2 aromatic carbocycles. The fraction of sp³-hybridized carbons (Fsp3) is 0. The van der Waals surface area contributed by atoms with Gasteiger partial charge < -0.3 is 10.2 Å². The number of aromatic hydroxyl groups is 1. The van der Waals surface area contributed by atoms with Crippen molar-refractivity contribution in [2.75, 3.05) is 0 Å². The van der Waals surface area contributed by atoms with Gasteiger partial charge in [-0.1, -0.05) is 15.9 Å². The van der Waals surface area contributed by atoms with E-state index >= 15 is 0 Å². The smallest absolute Gasteiger partial charge is 0.336 e. The number of phenolic OH excluding ortho intramolecular Hbond substituents is 1. The molecule has 0 aromatic heterocycles. The minimum atomic E-state index is -1.18. The SMILES string of the molecule is O=C(O)c1ccc(F)cc1-c1c(Br)cc(Br)c(O)c1Br. The number of hydrogen-bond acceptors (Lipinski definition) is 2. The Kier molecular flexibility index (Phi) is 4.51. The maximum Gasteiger partial charge on any atom is 0.336 e. The van der Waals surface area contributed by atoms with Gasteiger partial charge in [-0.25, -0.2) is 9.18 Å². The largest absolute Gasteiger partial charge is 0.506 e. The Morgan fingerprint density at radius 2 is 1.75 bits per heavy atom. The summed E-state index contributed by atoms with van der Waals surface area (Å²) in [4.78, 5) is 11.3. The first-order valence-electron chi connectivity index (χ1n) is 5.22. The van der Waals surface area contributed by atoms with E-state index in [1.807, 2.05) is 0 Å². The lowest BCUT2D eigenvalue weighted by Gasteiger charge is -2.13. The molecule has 20 heavy (non-hydrogen) atoms. The van der Waals surface area contributed by atoms with Crippen molar-refractivity contribution in [3.63, 3.8) is 0 Å². The zero-order chi connectivity index (χ0) is 15.0. The maximum absolute atomic E-state index is 13.4.